The van der Waals surface area contributed by atoms with E-state index in [1.165, 1.54) is 44.9 Å². The van der Waals surface area contributed by atoms with Gasteiger partial charge in [0.2, 0.25) is 5.91 Å². The zero-order chi connectivity index (χ0) is 22.7. The van der Waals surface area contributed by atoms with Gasteiger partial charge in [-0.05, 0) is 111 Å². The van der Waals surface area contributed by atoms with Crippen molar-refractivity contribution in [3.63, 3.8) is 0 Å². The maximum atomic E-state index is 12.8. The number of nitrogens with zero attached hydrogens (tertiary/aromatic N) is 1. The van der Waals surface area contributed by atoms with Gasteiger partial charge in [0.15, 0.2) is 0 Å². The monoisotopic (exact) mass is 441 g/mol. The number of rotatable bonds is 4. The molecule has 0 aromatic carbocycles. The molecule has 9 atom stereocenters. The quantitative estimate of drug-likeness (QED) is 0.527. The van der Waals surface area contributed by atoms with Crippen LogP contribution in [0.25, 0.3) is 0 Å². The predicted octanol–water partition coefficient (Wildman–Crippen LogP) is 6.21. The van der Waals surface area contributed by atoms with Gasteiger partial charge >= 0.3 is 0 Å². The number of hydrogen-bond acceptors (Lipinski definition) is 2. The van der Waals surface area contributed by atoms with Crippen LogP contribution in [0.5, 0.6) is 0 Å². The van der Waals surface area contributed by atoms with Gasteiger partial charge in [-0.1, -0.05) is 39.3 Å². The minimum absolute atomic E-state index is 0.108. The third-order valence-electron chi connectivity index (χ3n) is 11.4. The van der Waals surface area contributed by atoms with Crippen LogP contribution in [0.4, 0.5) is 0 Å². The Morgan fingerprint density at radius 3 is 2.72 bits per heavy atom. The third kappa shape index (κ3) is 3.69. The van der Waals surface area contributed by atoms with E-state index < -0.39 is 0 Å². The molecule has 3 saturated carbocycles. The molecule has 1 heterocycles. The number of aliphatic hydroxyl groups excluding tert-OH is 1. The molecule has 0 radical (unpaired) electrons. The fourth-order valence-electron chi connectivity index (χ4n) is 9.49. The molecule has 1 N–H and O–H groups in total. The first-order valence-electron chi connectivity index (χ1n) is 13.9. The zero-order valence-electron chi connectivity index (χ0n) is 21.1. The Kier molecular flexibility index (Phi) is 6.05. The van der Waals surface area contributed by atoms with E-state index in [1.807, 2.05) is 0 Å². The van der Waals surface area contributed by atoms with Crippen molar-refractivity contribution in [3.8, 4) is 0 Å². The molecule has 5 rings (SSSR count). The van der Waals surface area contributed by atoms with Crippen LogP contribution in [0, 0.1) is 46.3 Å². The molecule has 0 bridgehead atoms. The van der Waals surface area contributed by atoms with E-state index in [9.17, 15) is 9.90 Å². The van der Waals surface area contributed by atoms with Gasteiger partial charge in [-0.3, -0.25) is 4.79 Å². The van der Waals surface area contributed by atoms with Gasteiger partial charge in [0.25, 0.3) is 0 Å². The minimum Gasteiger partial charge on any atom is -0.393 e. The van der Waals surface area contributed by atoms with E-state index >= 15 is 0 Å². The van der Waals surface area contributed by atoms with Crippen LogP contribution in [0.2, 0.25) is 0 Å². The first-order valence-corrected chi connectivity index (χ1v) is 13.9. The standard InChI is InChI=1S/C29H47NO2/c1-19-13-16-30(18-19)27(32)10-5-20(2)24-8-9-25-23-7-6-21-17-22(31)11-14-28(21,3)26(23)12-15-29(24,25)4/h6,19-20,22-26,31H,5,7-18H2,1-4H3/t19-,20?,22+,23+,24-,25+,26+,28+,29-/m1/s1. The maximum Gasteiger partial charge on any atom is 0.222 e. The summed E-state index contributed by atoms with van der Waals surface area (Å²) < 4.78 is 0. The van der Waals surface area contributed by atoms with Crippen LogP contribution in [0.3, 0.4) is 0 Å². The van der Waals surface area contributed by atoms with Crippen LogP contribution < -0.4 is 0 Å². The summed E-state index contributed by atoms with van der Waals surface area (Å²) in [5.41, 5.74) is 2.38. The van der Waals surface area contributed by atoms with E-state index in [1.54, 1.807) is 5.57 Å². The molecule has 0 aromatic rings. The minimum atomic E-state index is -0.108. The summed E-state index contributed by atoms with van der Waals surface area (Å²) in [5, 5.41) is 10.2. The molecule has 4 fully saturated rings. The summed E-state index contributed by atoms with van der Waals surface area (Å²) in [7, 11) is 0. The Morgan fingerprint density at radius 2 is 1.97 bits per heavy atom. The summed E-state index contributed by atoms with van der Waals surface area (Å²) in [6.07, 6.45) is 15.3. The normalized spacial score (nSPS) is 46.8. The Hall–Kier alpha value is -0.830. The van der Waals surface area contributed by atoms with Gasteiger partial charge < -0.3 is 10.0 Å². The largest absolute Gasteiger partial charge is 0.393 e. The average Bonchev–Trinajstić information content (AvgIpc) is 3.35. The Balaban J connectivity index is 1.25. The number of carbonyl (C=O) groups excluding carboxylic acids is 1. The summed E-state index contributed by atoms with van der Waals surface area (Å²) >= 11 is 0. The second-order valence-electron chi connectivity index (χ2n) is 13.1. The van der Waals surface area contributed by atoms with E-state index in [0.717, 1.165) is 62.4 Å². The third-order valence-corrected chi connectivity index (χ3v) is 11.4. The lowest BCUT2D eigenvalue weighted by Crippen LogP contribution is -2.50. The van der Waals surface area contributed by atoms with Crippen molar-refractivity contribution in [2.45, 2.75) is 104 Å². The van der Waals surface area contributed by atoms with Crippen LogP contribution >= 0.6 is 0 Å². The van der Waals surface area contributed by atoms with E-state index in [0.29, 0.717) is 28.6 Å². The number of amides is 1. The van der Waals surface area contributed by atoms with Gasteiger partial charge in [-0.15, -0.1) is 0 Å². The molecule has 4 aliphatic carbocycles. The lowest BCUT2D eigenvalue weighted by Gasteiger charge is -2.58. The molecule has 0 spiro atoms. The fraction of sp³-hybridized carbons (Fsp3) is 0.897. The highest BCUT2D eigenvalue weighted by Gasteiger charge is 2.59. The van der Waals surface area contributed by atoms with Crippen molar-refractivity contribution < 1.29 is 9.90 Å². The number of carbonyl (C=O) groups is 1. The lowest BCUT2D eigenvalue weighted by atomic mass is 9.47. The molecular formula is C29H47NO2. The highest BCUT2D eigenvalue weighted by Crippen LogP contribution is 2.67. The number of likely N-dealkylation sites (tertiary alicyclic amines) is 1. The Labute approximate surface area is 196 Å². The molecule has 1 amide bonds. The molecule has 1 unspecified atom stereocenters. The molecule has 5 aliphatic rings. The predicted molar refractivity (Wildman–Crippen MR) is 130 cm³/mol. The van der Waals surface area contributed by atoms with Crippen molar-refractivity contribution in [2.24, 2.45) is 46.3 Å². The molecule has 180 valence electrons. The molecule has 0 aromatic heterocycles. The van der Waals surface area contributed by atoms with Crippen molar-refractivity contribution in [2.75, 3.05) is 13.1 Å². The van der Waals surface area contributed by atoms with E-state index in [-0.39, 0.29) is 6.10 Å². The first-order chi connectivity index (χ1) is 15.2. The van der Waals surface area contributed by atoms with Gasteiger partial charge in [0.1, 0.15) is 0 Å². The fourth-order valence-corrected chi connectivity index (χ4v) is 9.49. The first kappa shape index (κ1) is 22.9. The summed E-state index contributed by atoms with van der Waals surface area (Å²) in [6, 6.07) is 0. The summed E-state index contributed by atoms with van der Waals surface area (Å²) in [4.78, 5) is 14.9. The number of hydrogen-bond donors (Lipinski definition) is 1. The van der Waals surface area contributed by atoms with Crippen molar-refractivity contribution >= 4 is 5.91 Å². The number of fused-ring (bicyclic) bond motifs is 5. The average molecular weight is 442 g/mol. The maximum absolute atomic E-state index is 12.8. The second kappa shape index (κ2) is 8.43. The highest BCUT2D eigenvalue weighted by atomic mass is 16.3. The molecule has 1 aliphatic heterocycles. The van der Waals surface area contributed by atoms with Gasteiger partial charge in [-0.25, -0.2) is 0 Å². The molecule has 3 heteroatoms. The smallest absolute Gasteiger partial charge is 0.222 e. The van der Waals surface area contributed by atoms with Crippen molar-refractivity contribution in [1.82, 2.24) is 4.90 Å². The SMILES string of the molecule is CC(CCC(=O)N1CC[C@@H](C)C1)[C@H]1CC[C@H]2[C@@H]3CC=C4C[C@@H](O)CC[C@]4(C)[C@H]3CC[C@]12C. The van der Waals surface area contributed by atoms with Crippen molar-refractivity contribution in [1.29, 1.82) is 0 Å². The molecule has 32 heavy (non-hydrogen) atoms. The Bertz CT molecular complexity index is 760. The number of allylic oxidation sites excluding steroid dienone is 1. The lowest BCUT2D eigenvalue weighted by molar-refractivity contribution is -0.130. The molecular weight excluding hydrogens is 394 g/mol. The summed E-state index contributed by atoms with van der Waals surface area (Å²) in [5.74, 6) is 5.03. The van der Waals surface area contributed by atoms with Crippen molar-refractivity contribution in [3.05, 3.63) is 11.6 Å². The summed E-state index contributed by atoms with van der Waals surface area (Å²) in [6.45, 7) is 11.8. The van der Waals surface area contributed by atoms with Gasteiger partial charge in [0, 0.05) is 19.5 Å². The zero-order valence-corrected chi connectivity index (χ0v) is 21.1. The molecule has 1 saturated heterocycles. The van der Waals surface area contributed by atoms with E-state index in [4.69, 9.17) is 0 Å². The number of aliphatic hydroxyl groups is 1. The van der Waals surface area contributed by atoms with Gasteiger partial charge in [0.05, 0.1) is 6.10 Å². The highest BCUT2D eigenvalue weighted by molar-refractivity contribution is 5.76. The van der Waals surface area contributed by atoms with Crippen LogP contribution in [0.15, 0.2) is 11.6 Å². The van der Waals surface area contributed by atoms with Crippen LogP contribution in [-0.4, -0.2) is 35.1 Å². The topological polar surface area (TPSA) is 40.5 Å². The second-order valence-corrected chi connectivity index (χ2v) is 13.1. The van der Waals surface area contributed by atoms with Crippen LogP contribution in [-0.2, 0) is 4.79 Å². The van der Waals surface area contributed by atoms with Crippen LogP contribution in [0.1, 0.15) is 98.3 Å². The Morgan fingerprint density at radius 1 is 1.16 bits per heavy atom. The van der Waals surface area contributed by atoms with Gasteiger partial charge in [-0.2, -0.15) is 0 Å². The molecule has 3 nitrogen and oxygen atoms in total. The van der Waals surface area contributed by atoms with E-state index in [2.05, 4.69) is 38.7 Å².